The van der Waals surface area contributed by atoms with Crippen LogP contribution in [0.3, 0.4) is 0 Å². The molecule has 5 nitrogen and oxygen atoms in total. The summed E-state index contributed by atoms with van der Waals surface area (Å²) in [4.78, 5) is 11.1. The Balaban J connectivity index is 1.82. The highest BCUT2D eigenvalue weighted by atomic mass is 16.5. The average molecular weight is 390 g/mol. The van der Waals surface area contributed by atoms with Gasteiger partial charge in [-0.1, -0.05) is 44.0 Å². The second kappa shape index (κ2) is 8.83. The van der Waals surface area contributed by atoms with E-state index in [4.69, 9.17) is 9.84 Å². The Kier molecular flexibility index (Phi) is 6.23. The molecule has 0 radical (unpaired) electrons. The van der Waals surface area contributed by atoms with Crippen LogP contribution in [0.4, 0.5) is 0 Å². The van der Waals surface area contributed by atoms with Gasteiger partial charge in [-0.15, -0.1) is 5.92 Å². The summed E-state index contributed by atoms with van der Waals surface area (Å²) in [6.07, 6.45) is -0.133. The number of carboxylic acids is 1. The number of carboxylic acid groups (broad SMARTS) is 1. The number of hydrogen-bond donors (Lipinski definition) is 2. The van der Waals surface area contributed by atoms with Crippen LogP contribution < -0.4 is 4.74 Å². The van der Waals surface area contributed by atoms with Crippen LogP contribution in [0.1, 0.15) is 56.0 Å². The normalized spacial score (nSPS) is 13.0. The van der Waals surface area contributed by atoms with E-state index in [1.165, 1.54) is 0 Å². The number of aromatic amines is 1. The fourth-order valence-corrected chi connectivity index (χ4v) is 3.45. The quantitative estimate of drug-likeness (QED) is 0.542. The Morgan fingerprint density at radius 3 is 2.48 bits per heavy atom. The van der Waals surface area contributed by atoms with E-state index >= 15 is 0 Å². The van der Waals surface area contributed by atoms with E-state index in [0.717, 1.165) is 33.5 Å². The minimum Gasteiger partial charge on any atom is -0.485 e. The molecule has 0 aliphatic rings. The van der Waals surface area contributed by atoms with Crippen LogP contribution in [0.2, 0.25) is 0 Å². The molecule has 0 fully saturated rings. The molecule has 1 aromatic heterocycles. The highest BCUT2D eigenvalue weighted by Gasteiger charge is 2.20. The zero-order chi connectivity index (χ0) is 21.0. The first-order chi connectivity index (χ1) is 13.9. The van der Waals surface area contributed by atoms with Crippen LogP contribution in [0, 0.1) is 24.7 Å². The maximum absolute atomic E-state index is 11.1. The molecule has 0 aliphatic heterocycles. The summed E-state index contributed by atoms with van der Waals surface area (Å²) >= 11 is 0. The number of ether oxygens (including phenoxy) is 1. The first-order valence-electron chi connectivity index (χ1n) is 9.74. The molecule has 2 atom stereocenters. The van der Waals surface area contributed by atoms with Crippen molar-refractivity contribution in [2.24, 2.45) is 5.92 Å². The van der Waals surface area contributed by atoms with Crippen molar-refractivity contribution in [1.82, 2.24) is 10.2 Å². The van der Waals surface area contributed by atoms with E-state index in [0.29, 0.717) is 0 Å². The first kappa shape index (κ1) is 20.5. The number of hydrogen-bond acceptors (Lipinski definition) is 3. The van der Waals surface area contributed by atoms with Crippen molar-refractivity contribution >= 4 is 16.9 Å². The molecule has 2 unspecified atom stereocenters. The predicted octanol–water partition coefficient (Wildman–Crippen LogP) is 5.23. The second-order valence-electron chi connectivity index (χ2n) is 7.52. The molecule has 0 amide bonds. The van der Waals surface area contributed by atoms with Crippen molar-refractivity contribution in [1.29, 1.82) is 0 Å². The van der Waals surface area contributed by atoms with Crippen molar-refractivity contribution in [3.63, 3.8) is 0 Å². The molecule has 0 saturated carbocycles. The lowest BCUT2D eigenvalue weighted by Gasteiger charge is -2.23. The van der Waals surface area contributed by atoms with Crippen LogP contribution in [0.15, 0.2) is 42.5 Å². The number of aryl methyl sites for hydroxylation is 1. The van der Waals surface area contributed by atoms with Crippen LogP contribution in [0.5, 0.6) is 5.75 Å². The third-order valence-corrected chi connectivity index (χ3v) is 4.95. The number of aliphatic carboxylic acids is 1. The number of rotatable bonds is 7. The van der Waals surface area contributed by atoms with Gasteiger partial charge in [0.05, 0.1) is 17.9 Å². The van der Waals surface area contributed by atoms with E-state index in [9.17, 15) is 4.79 Å². The van der Waals surface area contributed by atoms with E-state index in [1.54, 1.807) is 6.92 Å². The monoisotopic (exact) mass is 390 g/mol. The lowest BCUT2D eigenvalue weighted by molar-refractivity contribution is -0.137. The van der Waals surface area contributed by atoms with Gasteiger partial charge < -0.3 is 9.84 Å². The summed E-state index contributed by atoms with van der Waals surface area (Å²) < 4.78 is 6.30. The minimum atomic E-state index is -0.859. The molecular formula is C24H26N2O3. The van der Waals surface area contributed by atoms with Crippen LogP contribution in [-0.4, -0.2) is 21.3 Å². The summed E-state index contributed by atoms with van der Waals surface area (Å²) in [6.45, 7) is 7.97. The molecule has 2 N–H and O–H groups in total. The van der Waals surface area contributed by atoms with Gasteiger partial charge in [0.15, 0.2) is 0 Å². The maximum atomic E-state index is 11.1. The number of H-pyrrole nitrogens is 1. The molecule has 0 aliphatic carbocycles. The summed E-state index contributed by atoms with van der Waals surface area (Å²) in [5.41, 5.74) is 3.93. The summed E-state index contributed by atoms with van der Waals surface area (Å²) in [7, 11) is 0. The maximum Gasteiger partial charge on any atom is 0.304 e. The highest BCUT2D eigenvalue weighted by Crippen LogP contribution is 2.31. The minimum absolute atomic E-state index is 0.0151. The van der Waals surface area contributed by atoms with Crippen molar-refractivity contribution in [3.05, 3.63) is 59.3 Å². The average Bonchev–Trinajstić information content (AvgIpc) is 3.06. The van der Waals surface area contributed by atoms with Gasteiger partial charge in [0, 0.05) is 11.1 Å². The van der Waals surface area contributed by atoms with Crippen LogP contribution in [0.25, 0.3) is 10.9 Å². The predicted molar refractivity (Wildman–Crippen MR) is 114 cm³/mol. The van der Waals surface area contributed by atoms with E-state index in [1.807, 2.05) is 31.2 Å². The number of carbonyl (C=O) groups is 1. The number of aromatic nitrogens is 2. The molecular weight excluding hydrogens is 364 g/mol. The fraction of sp³-hybridized carbons (Fsp3) is 0.333. The molecule has 1 heterocycles. The number of benzene rings is 2. The Morgan fingerprint density at radius 2 is 1.86 bits per heavy atom. The third-order valence-electron chi connectivity index (χ3n) is 4.95. The summed E-state index contributed by atoms with van der Waals surface area (Å²) in [5, 5.41) is 17.6. The molecule has 150 valence electrons. The van der Waals surface area contributed by atoms with Crippen LogP contribution >= 0.6 is 0 Å². The van der Waals surface area contributed by atoms with Crippen LogP contribution in [-0.2, 0) is 4.79 Å². The van der Waals surface area contributed by atoms with E-state index in [-0.39, 0.29) is 24.4 Å². The lowest BCUT2D eigenvalue weighted by Crippen LogP contribution is -2.14. The van der Waals surface area contributed by atoms with Gasteiger partial charge in [-0.25, -0.2) is 0 Å². The molecule has 3 rings (SSSR count). The standard InChI is InChI=1S/C24H26N2O3/c1-5-6-18(14-23(27)28)17-7-10-20(11-8-17)29-24(15(2)3)19-9-12-21-16(4)25-26-22(21)13-19/h7-13,15,18,24H,14H2,1-4H3,(H,25,26)(H,27,28). The zero-order valence-electron chi connectivity index (χ0n) is 17.2. The largest absolute Gasteiger partial charge is 0.485 e. The Labute approximate surface area is 171 Å². The van der Waals surface area contributed by atoms with Gasteiger partial charge in [0.2, 0.25) is 0 Å². The van der Waals surface area contributed by atoms with Gasteiger partial charge in [-0.3, -0.25) is 9.89 Å². The number of fused-ring (bicyclic) bond motifs is 1. The molecule has 29 heavy (non-hydrogen) atoms. The fourth-order valence-electron chi connectivity index (χ4n) is 3.45. The highest BCUT2D eigenvalue weighted by molar-refractivity contribution is 5.81. The van der Waals surface area contributed by atoms with Crippen molar-refractivity contribution in [3.8, 4) is 17.6 Å². The van der Waals surface area contributed by atoms with Gasteiger partial charge in [-0.05, 0) is 49.1 Å². The Hall–Kier alpha value is -3.26. The molecule has 5 heteroatoms. The lowest BCUT2D eigenvalue weighted by atomic mass is 9.96. The Bertz CT molecular complexity index is 1060. The number of nitrogens with one attached hydrogen (secondary N) is 1. The molecule has 0 saturated heterocycles. The topological polar surface area (TPSA) is 75.2 Å². The zero-order valence-corrected chi connectivity index (χ0v) is 17.2. The van der Waals surface area contributed by atoms with Crippen molar-refractivity contribution in [2.75, 3.05) is 0 Å². The Morgan fingerprint density at radius 1 is 1.17 bits per heavy atom. The SMILES string of the molecule is CC#CC(CC(=O)O)c1ccc(OC(c2ccc3c(C)[nH]nc3c2)C(C)C)cc1. The van der Waals surface area contributed by atoms with Crippen molar-refractivity contribution in [2.45, 2.75) is 46.1 Å². The first-order valence-corrected chi connectivity index (χ1v) is 9.74. The molecule has 0 bridgehead atoms. The summed E-state index contributed by atoms with van der Waals surface area (Å²) in [6, 6.07) is 13.8. The smallest absolute Gasteiger partial charge is 0.304 e. The molecule has 2 aromatic carbocycles. The van der Waals surface area contributed by atoms with E-state index < -0.39 is 5.97 Å². The second-order valence-corrected chi connectivity index (χ2v) is 7.52. The van der Waals surface area contributed by atoms with Crippen molar-refractivity contribution < 1.29 is 14.6 Å². The van der Waals surface area contributed by atoms with Gasteiger partial charge in [0.1, 0.15) is 11.9 Å². The van der Waals surface area contributed by atoms with Gasteiger partial charge in [-0.2, -0.15) is 5.10 Å². The van der Waals surface area contributed by atoms with E-state index in [2.05, 4.69) is 54.1 Å². The summed E-state index contributed by atoms with van der Waals surface area (Å²) in [5.74, 6) is 5.61. The van der Waals surface area contributed by atoms with Gasteiger partial charge in [0.25, 0.3) is 0 Å². The third kappa shape index (κ3) is 4.78. The molecule has 3 aromatic rings. The number of nitrogens with zero attached hydrogens (tertiary/aromatic N) is 1. The molecule has 0 spiro atoms. The van der Waals surface area contributed by atoms with Gasteiger partial charge >= 0.3 is 5.97 Å².